The average molecular weight is 278 g/mol. The number of ether oxygens (including phenoxy) is 1. The lowest BCUT2D eigenvalue weighted by Crippen LogP contribution is -2.42. The van der Waals surface area contributed by atoms with Crippen molar-refractivity contribution < 1.29 is 13.9 Å². The van der Waals surface area contributed by atoms with E-state index in [2.05, 4.69) is 9.88 Å². The van der Waals surface area contributed by atoms with Crippen molar-refractivity contribution >= 4 is 12.0 Å². The Balaban J connectivity index is 1.66. The number of carbonyl (C=O) groups excluding carboxylic acids is 1. The molecule has 0 N–H and O–H groups in total. The SMILES string of the molecule is CCOC(=O)c1coc(N2CCC3CCCCC3C2)n1. The Morgan fingerprint density at radius 1 is 1.40 bits per heavy atom. The summed E-state index contributed by atoms with van der Waals surface area (Å²) in [5.41, 5.74) is 0.271. The third-order valence-electron chi connectivity index (χ3n) is 4.54. The van der Waals surface area contributed by atoms with Gasteiger partial charge in [0.05, 0.1) is 6.61 Å². The highest BCUT2D eigenvalue weighted by Gasteiger charge is 2.32. The fraction of sp³-hybridized carbons (Fsp3) is 0.733. The molecule has 3 rings (SSSR count). The van der Waals surface area contributed by atoms with E-state index in [1.807, 2.05) is 0 Å². The minimum absolute atomic E-state index is 0.271. The number of carbonyl (C=O) groups is 1. The quantitative estimate of drug-likeness (QED) is 0.796. The van der Waals surface area contributed by atoms with E-state index >= 15 is 0 Å². The number of rotatable bonds is 3. The summed E-state index contributed by atoms with van der Waals surface area (Å²) in [5, 5.41) is 0. The molecular formula is C15H22N2O3. The van der Waals surface area contributed by atoms with Gasteiger partial charge in [-0.25, -0.2) is 4.79 Å². The van der Waals surface area contributed by atoms with Crippen molar-refractivity contribution in [2.75, 3.05) is 24.6 Å². The molecule has 1 saturated carbocycles. The molecule has 2 aliphatic rings. The Hall–Kier alpha value is -1.52. The standard InChI is InChI=1S/C15H22N2O3/c1-2-19-14(18)13-10-20-15(16-13)17-8-7-11-5-3-4-6-12(11)9-17/h10-12H,2-9H2,1H3. The predicted octanol–water partition coefficient (Wildman–Crippen LogP) is 2.87. The summed E-state index contributed by atoms with van der Waals surface area (Å²) >= 11 is 0. The van der Waals surface area contributed by atoms with Crippen molar-refractivity contribution in [2.45, 2.75) is 39.0 Å². The first kappa shape index (κ1) is 13.5. The smallest absolute Gasteiger partial charge is 0.360 e. The molecular weight excluding hydrogens is 256 g/mol. The lowest BCUT2D eigenvalue weighted by Gasteiger charge is -2.40. The molecule has 0 radical (unpaired) electrons. The van der Waals surface area contributed by atoms with Crippen molar-refractivity contribution in [3.63, 3.8) is 0 Å². The van der Waals surface area contributed by atoms with Crippen molar-refractivity contribution in [3.05, 3.63) is 12.0 Å². The van der Waals surface area contributed by atoms with Gasteiger partial charge in [0.15, 0.2) is 5.69 Å². The van der Waals surface area contributed by atoms with Crippen molar-refractivity contribution in [1.82, 2.24) is 4.98 Å². The van der Waals surface area contributed by atoms with Gasteiger partial charge < -0.3 is 14.1 Å². The second-order valence-electron chi connectivity index (χ2n) is 5.78. The van der Waals surface area contributed by atoms with Crippen molar-refractivity contribution in [3.8, 4) is 0 Å². The number of piperidine rings is 1. The van der Waals surface area contributed by atoms with Gasteiger partial charge in [-0.2, -0.15) is 4.98 Å². The number of nitrogens with zero attached hydrogens (tertiary/aromatic N) is 2. The average Bonchev–Trinajstić information content (AvgIpc) is 2.97. The van der Waals surface area contributed by atoms with E-state index in [0.29, 0.717) is 12.6 Å². The van der Waals surface area contributed by atoms with Gasteiger partial charge in [0.25, 0.3) is 6.01 Å². The van der Waals surface area contributed by atoms with E-state index in [1.54, 1.807) is 6.92 Å². The summed E-state index contributed by atoms with van der Waals surface area (Å²) in [6.45, 7) is 4.12. The highest BCUT2D eigenvalue weighted by molar-refractivity contribution is 5.87. The van der Waals surface area contributed by atoms with Crippen LogP contribution in [0.4, 0.5) is 6.01 Å². The zero-order chi connectivity index (χ0) is 13.9. The van der Waals surface area contributed by atoms with Gasteiger partial charge >= 0.3 is 5.97 Å². The molecule has 1 aliphatic heterocycles. The van der Waals surface area contributed by atoms with Crippen LogP contribution in [0.25, 0.3) is 0 Å². The van der Waals surface area contributed by atoms with Crippen LogP contribution in [0.3, 0.4) is 0 Å². The number of anilines is 1. The molecule has 1 aromatic heterocycles. The molecule has 5 heteroatoms. The Labute approximate surface area is 119 Å². The number of hydrogen-bond acceptors (Lipinski definition) is 5. The predicted molar refractivity (Wildman–Crippen MR) is 74.7 cm³/mol. The second kappa shape index (κ2) is 5.85. The van der Waals surface area contributed by atoms with Crippen LogP contribution in [0.2, 0.25) is 0 Å². The van der Waals surface area contributed by atoms with Crippen LogP contribution >= 0.6 is 0 Å². The number of esters is 1. The van der Waals surface area contributed by atoms with Crippen LogP contribution in [0, 0.1) is 11.8 Å². The Bertz CT molecular complexity index is 471. The molecule has 110 valence electrons. The maximum atomic E-state index is 11.6. The number of fused-ring (bicyclic) bond motifs is 1. The number of hydrogen-bond donors (Lipinski definition) is 0. The summed E-state index contributed by atoms with van der Waals surface area (Å²) in [5.74, 6) is 1.23. The zero-order valence-electron chi connectivity index (χ0n) is 12.0. The molecule has 0 amide bonds. The molecule has 0 aromatic carbocycles. The maximum Gasteiger partial charge on any atom is 0.360 e. The fourth-order valence-corrected chi connectivity index (χ4v) is 3.48. The monoisotopic (exact) mass is 278 g/mol. The minimum Gasteiger partial charge on any atom is -0.461 e. The second-order valence-corrected chi connectivity index (χ2v) is 5.78. The largest absolute Gasteiger partial charge is 0.461 e. The summed E-state index contributed by atoms with van der Waals surface area (Å²) in [6, 6.07) is 0.567. The molecule has 0 bridgehead atoms. The molecule has 0 spiro atoms. The molecule has 1 aliphatic carbocycles. The minimum atomic E-state index is -0.407. The van der Waals surface area contributed by atoms with Gasteiger partial charge in [0, 0.05) is 13.1 Å². The summed E-state index contributed by atoms with van der Waals surface area (Å²) in [6.07, 6.45) is 8.02. The van der Waals surface area contributed by atoms with Gasteiger partial charge in [-0.3, -0.25) is 0 Å². The normalized spacial score (nSPS) is 26.1. The van der Waals surface area contributed by atoms with Crippen LogP contribution in [-0.4, -0.2) is 30.6 Å². The molecule has 20 heavy (non-hydrogen) atoms. The lowest BCUT2D eigenvalue weighted by molar-refractivity contribution is 0.0519. The van der Waals surface area contributed by atoms with Gasteiger partial charge in [0.2, 0.25) is 0 Å². The van der Waals surface area contributed by atoms with Crippen molar-refractivity contribution in [1.29, 1.82) is 0 Å². The maximum absolute atomic E-state index is 11.6. The third-order valence-corrected chi connectivity index (χ3v) is 4.54. The molecule has 2 unspecified atom stereocenters. The first-order valence-electron chi connectivity index (χ1n) is 7.65. The Kier molecular flexibility index (Phi) is 3.94. The molecule has 2 atom stereocenters. The van der Waals surface area contributed by atoms with Crippen LogP contribution in [0.1, 0.15) is 49.5 Å². The Morgan fingerprint density at radius 2 is 2.20 bits per heavy atom. The first-order chi connectivity index (χ1) is 9.78. The summed E-state index contributed by atoms with van der Waals surface area (Å²) < 4.78 is 10.4. The Morgan fingerprint density at radius 3 is 3.00 bits per heavy atom. The molecule has 1 aromatic rings. The lowest BCUT2D eigenvalue weighted by atomic mass is 9.75. The van der Waals surface area contributed by atoms with Gasteiger partial charge in [-0.15, -0.1) is 0 Å². The highest BCUT2D eigenvalue weighted by Crippen LogP contribution is 2.37. The molecule has 1 saturated heterocycles. The van der Waals surface area contributed by atoms with Gasteiger partial charge in [-0.1, -0.05) is 19.3 Å². The van der Waals surface area contributed by atoms with Crippen LogP contribution in [0.15, 0.2) is 10.7 Å². The van der Waals surface area contributed by atoms with Crippen LogP contribution in [0.5, 0.6) is 0 Å². The number of aromatic nitrogens is 1. The molecule has 2 fully saturated rings. The highest BCUT2D eigenvalue weighted by atomic mass is 16.5. The van der Waals surface area contributed by atoms with E-state index in [9.17, 15) is 4.79 Å². The van der Waals surface area contributed by atoms with Gasteiger partial charge in [-0.05, 0) is 31.6 Å². The summed E-state index contributed by atoms with van der Waals surface area (Å²) in [7, 11) is 0. The van der Waals surface area contributed by atoms with E-state index in [1.165, 1.54) is 38.4 Å². The molecule has 5 nitrogen and oxygen atoms in total. The van der Waals surface area contributed by atoms with Crippen LogP contribution < -0.4 is 4.90 Å². The van der Waals surface area contributed by atoms with E-state index < -0.39 is 5.97 Å². The van der Waals surface area contributed by atoms with E-state index in [-0.39, 0.29) is 5.69 Å². The molecule has 2 heterocycles. The van der Waals surface area contributed by atoms with Crippen LogP contribution in [-0.2, 0) is 4.74 Å². The van der Waals surface area contributed by atoms with E-state index in [4.69, 9.17) is 9.15 Å². The topological polar surface area (TPSA) is 55.6 Å². The van der Waals surface area contributed by atoms with E-state index in [0.717, 1.165) is 24.9 Å². The third kappa shape index (κ3) is 2.67. The fourth-order valence-electron chi connectivity index (χ4n) is 3.48. The summed E-state index contributed by atoms with van der Waals surface area (Å²) in [4.78, 5) is 18.1. The van der Waals surface area contributed by atoms with Crippen molar-refractivity contribution in [2.24, 2.45) is 11.8 Å². The first-order valence-corrected chi connectivity index (χ1v) is 7.65. The number of oxazole rings is 1. The zero-order valence-corrected chi connectivity index (χ0v) is 12.0. The van der Waals surface area contributed by atoms with Gasteiger partial charge in [0.1, 0.15) is 6.26 Å².